The van der Waals surface area contributed by atoms with E-state index in [1.165, 1.54) is 6.20 Å². The van der Waals surface area contributed by atoms with E-state index in [0.29, 0.717) is 15.9 Å². The van der Waals surface area contributed by atoms with Crippen LogP contribution < -0.4 is 10.6 Å². The summed E-state index contributed by atoms with van der Waals surface area (Å²) in [6, 6.07) is 0.252. The minimum atomic E-state index is -1.57. The zero-order valence-corrected chi connectivity index (χ0v) is 12.4. The smallest absolute Gasteiger partial charge is 0.338 e. The molecule has 1 aromatic heterocycles. The molecule has 0 aliphatic rings. The summed E-state index contributed by atoms with van der Waals surface area (Å²) < 4.78 is 27.4. The van der Waals surface area contributed by atoms with Crippen LogP contribution in [0, 0.1) is 11.6 Å². The largest absolute Gasteiger partial charge is 0.478 e. The van der Waals surface area contributed by atoms with Gasteiger partial charge in [-0.2, -0.15) is 0 Å². The molecule has 0 bridgehead atoms. The standard InChI is InChI=1S/C11H6BrF2N3O3S/c12-8-3-15-11(21-8)17-10(20)16-7-1-4(9(18)19)5(13)2-6(7)14/h1-3H,(H,18,19)(H2,15,16,17,20). The van der Waals surface area contributed by atoms with E-state index >= 15 is 0 Å². The molecule has 0 saturated carbocycles. The van der Waals surface area contributed by atoms with Crippen LogP contribution in [-0.4, -0.2) is 22.1 Å². The summed E-state index contributed by atoms with van der Waals surface area (Å²) in [5.74, 6) is -3.89. The van der Waals surface area contributed by atoms with Gasteiger partial charge in [-0.05, 0) is 22.0 Å². The highest BCUT2D eigenvalue weighted by atomic mass is 79.9. The molecule has 0 fully saturated rings. The Morgan fingerprint density at radius 1 is 1.24 bits per heavy atom. The molecule has 0 aliphatic carbocycles. The van der Waals surface area contributed by atoms with E-state index in [1.54, 1.807) is 0 Å². The first-order chi connectivity index (χ1) is 9.86. The predicted octanol–water partition coefficient (Wildman–Crippen LogP) is 3.53. The zero-order chi connectivity index (χ0) is 15.6. The second-order valence-electron chi connectivity index (χ2n) is 3.67. The third-order valence-corrected chi connectivity index (χ3v) is 3.62. The Hall–Kier alpha value is -2.07. The van der Waals surface area contributed by atoms with Crippen molar-refractivity contribution in [3.63, 3.8) is 0 Å². The SMILES string of the molecule is O=C(Nc1ncc(Br)s1)Nc1cc(C(=O)O)c(F)cc1F. The van der Waals surface area contributed by atoms with Crippen LogP contribution in [0.2, 0.25) is 0 Å². The molecule has 2 aromatic rings. The van der Waals surface area contributed by atoms with E-state index in [4.69, 9.17) is 5.11 Å². The van der Waals surface area contributed by atoms with E-state index < -0.39 is 34.9 Å². The minimum Gasteiger partial charge on any atom is -0.478 e. The van der Waals surface area contributed by atoms with Crippen LogP contribution in [0.25, 0.3) is 0 Å². The summed E-state index contributed by atoms with van der Waals surface area (Å²) in [5.41, 5.74) is -1.20. The second kappa shape index (κ2) is 6.14. The number of aromatic carboxylic acids is 1. The highest BCUT2D eigenvalue weighted by molar-refractivity contribution is 9.11. The first-order valence-corrected chi connectivity index (χ1v) is 6.89. The highest BCUT2D eigenvalue weighted by Gasteiger charge is 2.17. The number of aromatic nitrogens is 1. The van der Waals surface area contributed by atoms with Gasteiger partial charge in [0.25, 0.3) is 0 Å². The molecule has 1 heterocycles. The fraction of sp³-hybridized carbons (Fsp3) is 0. The number of hydrogen-bond acceptors (Lipinski definition) is 4. The van der Waals surface area contributed by atoms with E-state index in [-0.39, 0.29) is 5.13 Å². The zero-order valence-electron chi connectivity index (χ0n) is 9.99. The number of rotatable bonds is 3. The first-order valence-electron chi connectivity index (χ1n) is 5.28. The maximum absolute atomic E-state index is 13.5. The average Bonchev–Trinajstić information content (AvgIpc) is 2.77. The third-order valence-electron chi connectivity index (χ3n) is 2.23. The van der Waals surface area contributed by atoms with Crippen LogP contribution in [0.4, 0.5) is 24.4 Å². The van der Waals surface area contributed by atoms with Crippen molar-refractivity contribution in [3.05, 3.63) is 39.3 Å². The fourth-order valence-electron chi connectivity index (χ4n) is 1.37. The maximum Gasteiger partial charge on any atom is 0.338 e. The van der Waals surface area contributed by atoms with Crippen LogP contribution in [0.3, 0.4) is 0 Å². The Bertz CT molecular complexity index is 723. The summed E-state index contributed by atoms with van der Waals surface area (Å²) >= 11 is 4.28. The molecule has 2 rings (SSSR count). The van der Waals surface area contributed by atoms with Crippen LogP contribution >= 0.6 is 27.3 Å². The molecule has 0 aliphatic heterocycles. The van der Waals surface area contributed by atoms with Gasteiger partial charge in [0.05, 0.1) is 21.2 Å². The van der Waals surface area contributed by atoms with Gasteiger partial charge in [0.15, 0.2) is 5.13 Å². The molecule has 10 heteroatoms. The molecule has 0 spiro atoms. The molecule has 6 nitrogen and oxygen atoms in total. The number of nitrogens with one attached hydrogen (secondary N) is 2. The number of anilines is 2. The van der Waals surface area contributed by atoms with Crippen molar-refractivity contribution >= 4 is 50.1 Å². The van der Waals surface area contributed by atoms with E-state index in [9.17, 15) is 18.4 Å². The van der Waals surface area contributed by atoms with E-state index in [2.05, 4.69) is 31.5 Å². The molecular weight excluding hydrogens is 372 g/mol. The van der Waals surface area contributed by atoms with Gasteiger partial charge in [0.2, 0.25) is 0 Å². The van der Waals surface area contributed by atoms with Crippen molar-refractivity contribution in [2.24, 2.45) is 0 Å². The molecule has 0 atom stereocenters. The van der Waals surface area contributed by atoms with Crippen molar-refractivity contribution in [1.82, 2.24) is 4.98 Å². The lowest BCUT2D eigenvalue weighted by molar-refractivity contribution is 0.0692. The number of amides is 2. The Labute approximate surface area is 128 Å². The monoisotopic (exact) mass is 377 g/mol. The highest BCUT2D eigenvalue weighted by Crippen LogP contribution is 2.24. The molecule has 1 aromatic carbocycles. The van der Waals surface area contributed by atoms with Crippen molar-refractivity contribution in [2.45, 2.75) is 0 Å². The maximum atomic E-state index is 13.5. The second-order valence-corrected chi connectivity index (χ2v) is 6.08. The summed E-state index contributed by atoms with van der Waals surface area (Å²) in [4.78, 5) is 26.2. The van der Waals surface area contributed by atoms with Gasteiger partial charge < -0.3 is 10.4 Å². The van der Waals surface area contributed by atoms with Crippen molar-refractivity contribution in [3.8, 4) is 0 Å². The number of nitrogens with zero attached hydrogens (tertiary/aromatic N) is 1. The lowest BCUT2D eigenvalue weighted by atomic mass is 10.2. The number of carbonyl (C=O) groups excluding carboxylic acids is 1. The lowest BCUT2D eigenvalue weighted by Crippen LogP contribution is -2.20. The molecule has 0 unspecified atom stereocenters. The van der Waals surface area contributed by atoms with Gasteiger partial charge >= 0.3 is 12.0 Å². The fourth-order valence-corrected chi connectivity index (χ4v) is 2.47. The van der Waals surface area contributed by atoms with Crippen LogP contribution in [0.5, 0.6) is 0 Å². The van der Waals surface area contributed by atoms with Gasteiger partial charge in [-0.25, -0.2) is 23.4 Å². The van der Waals surface area contributed by atoms with Crippen LogP contribution in [0.15, 0.2) is 22.1 Å². The molecule has 2 amide bonds. The lowest BCUT2D eigenvalue weighted by Gasteiger charge is -2.08. The normalized spacial score (nSPS) is 10.2. The van der Waals surface area contributed by atoms with Gasteiger partial charge in [-0.1, -0.05) is 11.3 Å². The van der Waals surface area contributed by atoms with Crippen LogP contribution in [-0.2, 0) is 0 Å². The van der Waals surface area contributed by atoms with Crippen molar-refractivity contribution in [1.29, 1.82) is 0 Å². The van der Waals surface area contributed by atoms with Crippen molar-refractivity contribution in [2.75, 3.05) is 10.6 Å². The van der Waals surface area contributed by atoms with E-state index in [0.717, 1.165) is 11.3 Å². The van der Waals surface area contributed by atoms with Crippen molar-refractivity contribution < 1.29 is 23.5 Å². The quantitative estimate of drug-likeness (QED) is 0.762. The number of hydrogen-bond donors (Lipinski definition) is 3. The Balaban J connectivity index is 2.17. The Morgan fingerprint density at radius 2 is 1.95 bits per heavy atom. The molecule has 110 valence electrons. The number of carboxylic acids is 1. The topological polar surface area (TPSA) is 91.3 Å². The molecule has 21 heavy (non-hydrogen) atoms. The molecular formula is C11H6BrF2N3O3S. The third kappa shape index (κ3) is 3.73. The number of carboxylic acid groups (broad SMARTS) is 1. The number of carbonyl (C=O) groups is 2. The molecule has 3 N–H and O–H groups in total. The summed E-state index contributed by atoms with van der Waals surface area (Å²) in [5, 5.41) is 13.4. The molecule has 0 radical (unpaired) electrons. The summed E-state index contributed by atoms with van der Waals surface area (Å²) in [6.45, 7) is 0. The number of thiazole rings is 1. The van der Waals surface area contributed by atoms with E-state index in [1.807, 2.05) is 0 Å². The van der Waals surface area contributed by atoms with Gasteiger partial charge in [-0.3, -0.25) is 5.32 Å². The Kier molecular flexibility index (Phi) is 4.48. The predicted molar refractivity (Wildman–Crippen MR) is 75.8 cm³/mol. The number of benzene rings is 1. The first kappa shape index (κ1) is 15.3. The summed E-state index contributed by atoms with van der Waals surface area (Å²) in [6.07, 6.45) is 1.46. The summed E-state index contributed by atoms with van der Waals surface area (Å²) in [7, 11) is 0. The average molecular weight is 378 g/mol. The minimum absolute atomic E-state index is 0.250. The number of urea groups is 1. The van der Waals surface area contributed by atoms with Gasteiger partial charge in [0.1, 0.15) is 11.6 Å². The van der Waals surface area contributed by atoms with Crippen LogP contribution in [0.1, 0.15) is 10.4 Å². The van der Waals surface area contributed by atoms with Gasteiger partial charge in [-0.15, -0.1) is 0 Å². The molecule has 0 saturated heterocycles. The van der Waals surface area contributed by atoms with Gasteiger partial charge in [0, 0.05) is 6.07 Å². The number of halogens is 3. The Morgan fingerprint density at radius 3 is 2.52 bits per heavy atom.